The maximum atomic E-state index is 13.1. The molecule has 1 saturated heterocycles. The highest BCUT2D eigenvalue weighted by Gasteiger charge is 2.29. The molecule has 5 nitrogen and oxygen atoms in total. The lowest BCUT2D eigenvalue weighted by Crippen LogP contribution is -2.49. The zero-order valence-corrected chi connectivity index (χ0v) is 18.1. The highest BCUT2D eigenvalue weighted by atomic mass is 32.2. The van der Waals surface area contributed by atoms with Crippen LogP contribution >= 0.6 is 0 Å². The van der Waals surface area contributed by atoms with Crippen LogP contribution in [0.3, 0.4) is 0 Å². The molecule has 0 radical (unpaired) electrons. The van der Waals surface area contributed by atoms with Gasteiger partial charge in [-0.1, -0.05) is 25.1 Å². The van der Waals surface area contributed by atoms with Crippen LogP contribution in [0.25, 0.3) is 0 Å². The third-order valence-electron chi connectivity index (χ3n) is 5.24. The van der Waals surface area contributed by atoms with E-state index in [2.05, 4.69) is 36.9 Å². The van der Waals surface area contributed by atoms with Crippen LogP contribution in [0, 0.1) is 20.8 Å². The number of nitrogens with zero attached hydrogens (tertiary/aromatic N) is 2. The van der Waals surface area contributed by atoms with Gasteiger partial charge in [-0.3, -0.25) is 0 Å². The average molecular weight is 403 g/mol. The second kappa shape index (κ2) is 8.53. The predicted octanol–water partition coefficient (Wildman–Crippen LogP) is 3.91. The van der Waals surface area contributed by atoms with Crippen LogP contribution in [0.1, 0.15) is 30.0 Å². The number of hydrogen-bond donors (Lipinski definition) is 0. The number of rotatable bonds is 6. The number of piperazine rings is 1. The summed E-state index contributed by atoms with van der Waals surface area (Å²) in [6.07, 6.45) is 0.921. The van der Waals surface area contributed by atoms with Gasteiger partial charge >= 0.3 is 0 Å². The summed E-state index contributed by atoms with van der Waals surface area (Å²) < 4.78 is 33.5. The Morgan fingerprint density at radius 1 is 0.929 bits per heavy atom. The fourth-order valence-corrected chi connectivity index (χ4v) is 5.27. The normalized spacial score (nSPS) is 15.6. The van der Waals surface area contributed by atoms with E-state index in [1.807, 2.05) is 13.8 Å². The molecular formula is C22H30N2O3S. The molecule has 152 valence electrons. The number of sulfonamides is 1. The minimum Gasteiger partial charge on any atom is -0.493 e. The molecule has 0 N–H and O–H groups in total. The van der Waals surface area contributed by atoms with Crippen LogP contribution in [-0.4, -0.2) is 45.5 Å². The molecule has 0 amide bonds. The van der Waals surface area contributed by atoms with Crippen LogP contribution in [0.5, 0.6) is 5.75 Å². The Labute approximate surface area is 169 Å². The molecule has 1 fully saturated rings. The number of ether oxygens (including phenoxy) is 1. The van der Waals surface area contributed by atoms with Crippen molar-refractivity contribution in [2.75, 3.05) is 37.7 Å². The molecule has 6 heteroatoms. The zero-order valence-electron chi connectivity index (χ0n) is 17.2. The van der Waals surface area contributed by atoms with Gasteiger partial charge in [0.1, 0.15) is 5.75 Å². The molecule has 0 atom stereocenters. The first-order valence-corrected chi connectivity index (χ1v) is 11.3. The van der Waals surface area contributed by atoms with E-state index in [4.69, 9.17) is 4.74 Å². The summed E-state index contributed by atoms with van der Waals surface area (Å²) in [6.45, 7) is 11.2. The van der Waals surface area contributed by atoms with Gasteiger partial charge in [0, 0.05) is 31.9 Å². The second-order valence-corrected chi connectivity index (χ2v) is 9.35. The SMILES string of the molecule is CCCOc1ccc(S(=O)(=O)N2CCN(c3c(C)cccc3C)CC2)cc1C. The highest BCUT2D eigenvalue weighted by Crippen LogP contribution is 2.28. The van der Waals surface area contributed by atoms with Crippen molar-refractivity contribution >= 4 is 15.7 Å². The first-order chi connectivity index (χ1) is 13.3. The quantitative estimate of drug-likeness (QED) is 0.735. The van der Waals surface area contributed by atoms with Crippen molar-refractivity contribution in [2.24, 2.45) is 0 Å². The van der Waals surface area contributed by atoms with Gasteiger partial charge in [-0.15, -0.1) is 0 Å². The molecule has 0 aromatic heterocycles. The summed E-state index contributed by atoms with van der Waals surface area (Å²) >= 11 is 0. The molecule has 1 heterocycles. The van der Waals surface area contributed by atoms with E-state index in [0.29, 0.717) is 37.7 Å². The van der Waals surface area contributed by atoms with Gasteiger partial charge < -0.3 is 9.64 Å². The summed E-state index contributed by atoms with van der Waals surface area (Å²) in [5.74, 6) is 0.751. The van der Waals surface area contributed by atoms with Crippen LogP contribution in [-0.2, 0) is 10.0 Å². The van der Waals surface area contributed by atoms with Gasteiger partial charge in [0.2, 0.25) is 10.0 Å². The minimum atomic E-state index is -3.50. The molecule has 1 aliphatic heterocycles. The maximum Gasteiger partial charge on any atom is 0.243 e. The largest absolute Gasteiger partial charge is 0.493 e. The highest BCUT2D eigenvalue weighted by molar-refractivity contribution is 7.89. The van der Waals surface area contributed by atoms with Crippen molar-refractivity contribution in [3.8, 4) is 5.75 Å². The Morgan fingerprint density at radius 2 is 1.57 bits per heavy atom. The Balaban J connectivity index is 1.74. The Kier molecular flexibility index (Phi) is 6.30. The van der Waals surface area contributed by atoms with Crippen LogP contribution in [0.4, 0.5) is 5.69 Å². The number of anilines is 1. The lowest BCUT2D eigenvalue weighted by molar-refractivity contribution is 0.315. The maximum absolute atomic E-state index is 13.1. The molecule has 3 rings (SSSR count). The van der Waals surface area contributed by atoms with Gasteiger partial charge in [-0.2, -0.15) is 4.31 Å². The van der Waals surface area contributed by atoms with E-state index in [0.717, 1.165) is 17.7 Å². The fourth-order valence-electron chi connectivity index (χ4n) is 3.76. The number of hydrogen-bond acceptors (Lipinski definition) is 4. The van der Waals surface area contributed by atoms with Crippen molar-refractivity contribution in [1.29, 1.82) is 0 Å². The third-order valence-corrected chi connectivity index (χ3v) is 7.13. The molecule has 28 heavy (non-hydrogen) atoms. The zero-order chi connectivity index (χ0) is 20.3. The summed E-state index contributed by atoms with van der Waals surface area (Å²) in [7, 11) is -3.50. The van der Waals surface area contributed by atoms with Gasteiger partial charge in [0.25, 0.3) is 0 Å². The molecule has 0 spiro atoms. The van der Waals surface area contributed by atoms with E-state index in [9.17, 15) is 8.42 Å². The van der Waals surface area contributed by atoms with Crippen LogP contribution in [0.2, 0.25) is 0 Å². The van der Waals surface area contributed by atoms with Crippen molar-refractivity contribution in [3.63, 3.8) is 0 Å². The van der Waals surface area contributed by atoms with Crippen molar-refractivity contribution in [1.82, 2.24) is 4.31 Å². The fraction of sp³-hybridized carbons (Fsp3) is 0.455. The molecule has 2 aromatic rings. The Hall–Kier alpha value is -2.05. The minimum absolute atomic E-state index is 0.342. The van der Waals surface area contributed by atoms with Gasteiger partial charge in [-0.25, -0.2) is 8.42 Å². The standard InChI is InChI=1S/C22H30N2O3S/c1-5-15-27-21-10-9-20(16-19(21)4)28(25,26)24-13-11-23(12-14-24)22-17(2)7-6-8-18(22)3/h6-10,16H,5,11-15H2,1-4H3. The molecular weight excluding hydrogens is 372 g/mol. The number of aryl methyl sites for hydroxylation is 3. The first-order valence-electron chi connectivity index (χ1n) is 9.89. The van der Waals surface area contributed by atoms with Crippen LogP contribution < -0.4 is 9.64 Å². The molecule has 1 aliphatic rings. The van der Waals surface area contributed by atoms with Crippen LogP contribution in [0.15, 0.2) is 41.3 Å². The summed E-state index contributed by atoms with van der Waals surface area (Å²) in [6, 6.07) is 11.4. The van der Waals surface area contributed by atoms with E-state index in [1.165, 1.54) is 16.8 Å². The number of benzene rings is 2. The molecule has 2 aromatic carbocycles. The molecule has 0 bridgehead atoms. The molecule has 0 unspecified atom stereocenters. The summed E-state index contributed by atoms with van der Waals surface area (Å²) in [5.41, 5.74) is 4.54. The monoisotopic (exact) mass is 402 g/mol. The van der Waals surface area contributed by atoms with Gasteiger partial charge in [-0.05, 0) is 62.1 Å². The van der Waals surface area contributed by atoms with E-state index >= 15 is 0 Å². The lowest BCUT2D eigenvalue weighted by atomic mass is 10.1. The Bertz CT molecular complexity index is 913. The van der Waals surface area contributed by atoms with Crippen molar-refractivity contribution < 1.29 is 13.2 Å². The third kappa shape index (κ3) is 4.18. The van der Waals surface area contributed by atoms with Gasteiger partial charge in [0.15, 0.2) is 0 Å². The van der Waals surface area contributed by atoms with Gasteiger partial charge in [0.05, 0.1) is 11.5 Å². The van der Waals surface area contributed by atoms with E-state index < -0.39 is 10.0 Å². The second-order valence-electron chi connectivity index (χ2n) is 7.41. The first kappa shape index (κ1) is 20.7. The Morgan fingerprint density at radius 3 is 2.14 bits per heavy atom. The summed E-state index contributed by atoms with van der Waals surface area (Å²) in [5, 5.41) is 0. The smallest absolute Gasteiger partial charge is 0.243 e. The van der Waals surface area contributed by atoms with E-state index in [1.54, 1.807) is 22.5 Å². The van der Waals surface area contributed by atoms with Crippen molar-refractivity contribution in [2.45, 2.75) is 39.0 Å². The van der Waals surface area contributed by atoms with E-state index in [-0.39, 0.29) is 0 Å². The molecule has 0 aliphatic carbocycles. The topological polar surface area (TPSA) is 49.9 Å². The number of para-hydroxylation sites is 1. The van der Waals surface area contributed by atoms with Crippen molar-refractivity contribution in [3.05, 3.63) is 53.1 Å². The summed E-state index contributed by atoms with van der Waals surface area (Å²) in [4.78, 5) is 2.64. The average Bonchev–Trinajstić information content (AvgIpc) is 2.67. The lowest BCUT2D eigenvalue weighted by Gasteiger charge is -2.37. The predicted molar refractivity (Wildman–Crippen MR) is 114 cm³/mol. The molecule has 0 saturated carbocycles.